The van der Waals surface area contributed by atoms with Crippen molar-refractivity contribution in [2.45, 2.75) is 31.7 Å². The van der Waals surface area contributed by atoms with Gasteiger partial charge in [0.1, 0.15) is 0 Å². The second-order valence-corrected chi connectivity index (χ2v) is 4.72. The van der Waals surface area contributed by atoms with Crippen LogP contribution in [-0.4, -0.2) is 29.2 Å². The van der Waals surface area contributed by atoms with E-state index in [4.69, 9.17) is 4.52 Å². The standard InChI is InChI=1S/C13H16N2O/c1-2-12(3-4-13-5-8-14-16-13)15-9-6-11(1)7-10-15/h5,8,11-12H,1-2,6-7,9-10H2. The highest BCUT2D eigenvalue weighted by Gasteiger charge is 2.28. The van der Waals surface area contributed by atoms with E-state index in [1.807, 2.05) is 6.07 Å². The van der Waals surface area contributed by atoms with Crippen molar-refractivity contribution >= 4 is 0 Å². The Bertz CT molecular complexity index is 393. The van der Waals surface area contributed by atoms with Crippen molar-refractivity contribution in [1.82, 2.24) is 10.1 Å². The van der Waals surface area contributed by atoms with E-state index in [9.17, 15) is 0 Å². The first kappa shape index (κ1) is 9.92. The number of fused-ring (bicyclic) bond motifs is 4. The summed E-state index contributed by atoms with van der Waals surface area (Å²) in [5, 5.41) is 3.66. The maximum atomic E-state index is 4.99. The van der Waals surface area contributed by atoms with Crippen LogP contribution >= 0.6 is 0 Å². The van der Waals surface area contributed by atoms with E-state index in [-0.39, 0.29) is 0 Å². The van der Waals surface area contributed by atoms with E-state index in [0.29, 0.717) is 11.8 Å². The summed E-state index contributed by atoms with van der Waals surface area (Å²) in [7, 11) is 0. The molecule has 1 aromatic rings. The van der Waals surface area contributed by atoms with Gasteiger partial charge in [-0.2, -0.15) is 0 Å². The second kappa shape index (κ2) is 4.31. The topological polar surface area (TPSA) is 29.3 Å². The predicted molar refractivity (Wildman–Crippen MR) is 60.7 cm³/mol. The third-order valence-corrected chi connectivity index (χ3v) is 3.74. The van der Waals surface area contributed by atoms with Crippen molar-refractivity contribution in [3.8, 4) is 11.8 Å². The van der Waals surface area contributed by atoms with Gasteiger partial charge in [0.15, 0.2) is 0 Å². The summed E-state index contributed by atoms with van der Waals surface area (Å²) in [5.74, 6) is 8.05. The molecular formula is C13H16N2O. The smallest absolute Gasteiger partial charge is 0.209 e. The number of nitrogens with zero attached hydrogens (tertiary/aromatic N) is 2. The van der Waals surface area contributed by atoms with Crippen molar-refractivity contribution in [3.05, 3.63) is 18.0 Å². The molecular weight excluding hydrogens is 200 g/mol. The summed E-state index contributed by atoms with van der Waals surface area (Å²) in [5.41, 5.74) is 0. The van der Waals surface area contributed by atoms with Crippen molar-refractivity contribution in [2.75, 3.05) is 13.1 Å². The van der Waals surface area contributed by atoms with E-state index >= 15 is 0 Å². The molecule has 0 amide bonds. The molecule has 3 aliphatic heterocycles. The molecule has 0 spiro atoms. The monoisotopic (exact) mass is 216 g/mol. The van der Waals surface area contributed by atoms with Gasteiger partial charge in [-0.05, 0) is 50.6 Å². The van der Waals surface area contributed by atoms with Crippen LogP contribution < -0.4 is 0 Å². The highest BCUT2D eigenvalue weighted by Crippen LogP contribution is 2.29. The molecule has 1 aromatic heterocycles. The first-order valence-corrected chi connectivity index (χ1v) is 6.08. The third kappa shape index (κ3) is 1.98. The molecule has 0 N–H and O–H groups in total. The Morgan fingerprint density at radius 1 is 1.25 bits per heavy atom. The molecule has 1 atom stereocenters. The lowest BCUT2D eigenvalue weighted by Crippen LogP contribution is -2.36. The number of hydrogen-bond donors (Lipinski definition) is 0. The minimum atomic E-state index is 0.428. The Labute approximate surface area is 95.8 Å². The Morgan fingerprint density at radius 3 is 2.88 bits per heavy atom. The summed E-state index contributed by atoms with van der Waals surface area (Å²) in [6, 6.07) is 2.24. The first-order chi connectivity index (χ1) is 7.92. The van der Waals surface area contributed by atoms with E-state index < -0.39 is 0 Å². The molecule has 4 rings (SSSR count). The van der Waals surface area contributed by atoms with Gasteiger partial charge in [-0.15, -0.1) is 0 Å². The number of piperidine rings is 1. The summed E-state index contributed by atoms with van der Waals surface area (Å²) in [6.07, 6.45) is 6.92. The van der Waals surface area contributed by atoms with Crippen molar-refractivity contribution < 1.29 is 4.52 Å². The van der Waals surface area contributed by atoms with Gasteiger partial charge in [0.05, 0.1) is 12.2 Å². The fourth-order valence-corrected chi connectivity index (χ4v) is 2.73. The molecule has 3 aliphatic rings. The maximum absolute atomic E-state index is 4.99. The van der Waals surface area contributed by atoms with Crippen molar-refractivity contribution in [2.24, 2.45) is 5.92 Å². The van der Waals surface area contributed by atoms with E-state index in [0.717, 1.165) is 5.92 Å². The van der Waals surface area contributed by atoms with Crippen LogP contribution in [0, 0.1) is 17.8 Å². The molecule has 1 unspecified atom stereocenters. The average Bonchev–Trinajstić information content (AvgIpc) is 2.69. The van der Waals surface area contributed by atoms with Crippen LogP contribution in [0.25, 0.3) is 0 Å². The van der Waals surface area contributed by atoms with Crippen LogP contribution in [0.5, 0.6) is 0 Å². The van der Waals surface area contributed by atoms with Crippen molar-refractivity contribution in [1.29, 1.82) is 0 Å². The van der Waals surface area contributed by atoms with Crippen LogP contribution in [0.1, 0.15) is 31.4 Å². The van der Waals surface area contributed by atoms with Crippen LogP contribution in [0.2, 0.25) is 0 Å². The summed E-state index contributed by atoms with van der Waals surface area (Å²) in [4.78, 5) is 2.52. The molecule has 3 saturated heterocycles. The molecule has 0 radical (unpaired) electrons. The molecule has 3 nitrogen and oxygen atoms in total. The van der Waals surface area contributed by atoms with Gasteiger partial charge in [0.2, 0.25) is 5.76 Å². The van der Waals surface area contributed by atoms with Gasteiger partial charge in [0, 0.05) is 6.07 Å². The number of rotatable bonds is 0. The normalized spacial score (nSPS) is 32.9. The number of aromatic nitrogens is 1. The van der Waals surface area contributed by atoms with E-state index in [1.54, 1.807) is 6.20 Å². The highest BCUT2D eigenvalue weighted by atomic mass is 16.5. The second-order valence-electron chi connectivity index (χ2n) is 4.72. The van der Waals surface area contributed by atoms with Crippen LogP contribution in [0.3, 0.4) is 0 Å². The molecule has 16 heavy (non-hydrogen) atoms. The highest BCUT2D eigenvalue weighted by molar-refractivity contribution is 5.25. The Balaban J connectivity index is 1.74. The predicted octanol–water partition coefficient (Wildman–Crippen LogP) is 1.90. The van der Waals surface area contributed by atoms with Crippen molar-refractivity contribution in [3.63, 3.8) is 0 Å². The molecule has 84 valence electrons. The summed E-state index contributed by atoms with van der Waals surface area (Å²) in [6.45, 7) is 2.45. The summed E-state index contributed by atoms with van der Waals surface area (Å²) >= 11 is 0. The SMILES string of the molecule is C(#CC1CCC2CCN1CC2)c1ccno1. The Hall–Kier alpha value is -1.27. The lowest BCUT2D eigenvalue weighted by atomic mass is 9.95. The van der Waals surface area contributed by atoms with Gasteiger partial charge >= 0.3 is 0 Å². The largest absolute Gasteiger partial charge is 0.348 e. The van der Waals surface area contributed by atoms with Gasteiger partial charge in [-0.3, -0.25) is 4.90 Å². The molecule has 3 fully saturated rings. The van der Waals surface area contributed by atoms with Gasteiger partial charge in [-0.1, -0.05) is 11.1 Å². The van der Waals surface area contributed by atoms with Crippen LogP contribution in [0.4, 0.5) is 0 Å². The Morgan fingerprint density at radius 2 is 2.12 bits per heavy atom. The van der Waals surface area contributed by atoms with Gasteiger partial charge < -0.3 is 4.52 Å². The van der Waals surface area contributed by atoms with E-state index in [2.05, 4.69) is 21.9 Å². The number of hydrogen-bond acceptors (Lipinski definition) is 3. The van der Waals surface area contributed by atoms with Gasteiger partial charge in [0.25, 0.3) is 0 Å². The maximum Gasteiger partial charge on any atom is 0.209 e. The molecule has 0 aromatic carbocycles. The zero-order valence-electron chi connectivity index (χ0n) is 9.35. The molecule has 4 heterocycles. The minimum Gasteiger partial charge on any atom is -0.348 e. The fraction of sp³-hybridized carbons (Fsp3) is 0.615. The lowest BCUT2D eigenvalue weighted by Gasteiger charge is -2.29. The molecule has 0 saturated carbocycles. The fourth-order valence-electron chi connectivity index (χ4n) is 2.73. The average molecular weight is 216 g/mol. The zero-order chi connectivity index (χ0) is 10.8. The zero-order valence-corrected chi connectivity index (χ0v) is 9.35. The quantitative estimate of drug-likeness (QED) is 0.620. The van der Waals surface area contributed by atoms with Gasteiger partial charge in [-0.25, -0.2) is 0 Å². The molecule has 0 aliphatic carbocycles. The summed E-state index contributed by atoms with van der Waals surface area (Å²) < 4.78 is 4.99. The lowest BCUT2D eigenvalue weighted by molar-refractivity contribution is 0.198. The molecule has 2 bridgehead atoms. The first-order valence-electron chi connectivity index (χ1n) is 6.08. The Kier molecular flexibility index (Phi) is 2.67. The van der Waals surface area contributed by atoms with E-state index in [1.165, 1.54) is 38.8 Å². The van der Waals surface area contributed by atoms with Crippen LogP contribution in [-0.2, 0) is 0 Å². The van der Waals surface area contributed by atoms with Crippen LogP contribution in [0.15, 0.2) is 16.8 Å². The molecule has 3 heteroatoms. The third-order valence-electron chi connectivity index (χ3n) is 3.74. The minimum absolute atomic E-state index is 0.428.